The van der Waals surface area contributed by atoms with Crippen molar-refractivity contribution >= 4 is 11.3 Å². The van der Waals surface area contributed by atoms with E-state index in [0.29, 0.717) is 19.6 Å². The Labute approximate surface area is 123 Å². The number of methoxy groups -OCH3 is 1. The first kappa shape index (κ1) is 15.2. The summed E-state index contributed by atoms with van der Waals surface area (Å²) in [6, 6.07) is 4.20. The summed E-state index contributed by atoms with van der Waals surface area (Å²) in [6.45, 7) is 1.08. The van der Waals surface area contributed by atoms with Crippen LogP contribution in [0.5, 0.6) is 0 Å². The Morgan fingerprint density at radius 1 is 1.55 bits per heavy atom. The predicted octanol–water partition coefficient (Wildman–Crippen LogP) is 1.56. The molecule has 2 atom stereocenters. The summed E-state index contributed by atoms with van der Waals surface area (Å²) in [5.41, 5.74) is 0. The molecule has 0 aliphatic heterocycles. The van der Waals surface area contributed by atoms with Gasteiger partial charge in [-0.15, -0.1) is 11.3 Å². The van der Waals surface area contributed by atoms with Gasteiger partial charge in [0, 0.05) is 31.4 Å². The molecule has 0 radical (unpaired) electrons. The third-order valence-corrected chi connectivity index (χ3v) is 4.07. The lowest BCUT2D eigenvalue weighted by Gasteiger charge is -2.18. The van der Waals surface area contributed by atoms with Crippen LogP contribution in [0.1, 0.15) is 23.2 Å². The number of thiophene rings is 1. The number of nitrogens with one attached hydrogen (secondary N) is 1. The third-order valence-electron chi connectivity index (χ3n) is 3.13. The molecule has 2 rings (SSSR count). The highest BCUT2D eigenvalue weighted by molar-refractivity contribution is 7.10. The lowest BCUT2D eigenvalue weighted by molar-refractivity contribution is 0.0591. The second kappa shape index (κ2) is 7.54. The summed E-state index contributed by atoms with van der Waals surface area (Å²) in [4.78, 5) is 5.65. The van der Waals surface area contributed by atoms with Gasteiger partial charge in [-0.25, -0.2) is 4.98 Å². The molecular formula is C14H21N3O2S. The Balaban J connectivity index is 2.00. The molecule has 0 aromatic carbocycles. The lowest BCUT2D eigenvalue weighted by atomic mass is 10.2. The Morgan fingerprint density at radius 2 is 2.40 bits per heavy atom. The van der Waals surface area contributed by atoms with E-state index in [0.717, 1.165) is 5.82 Å². The molecule has 20 heavy (non-hydrogen) atoms. The molecule has 0 bridgehead atoms. The fourth-order valence-electron chi connectivity index (χ4n) is 2.10. The highest BCUT2D eigenvalue weighted by atomic mass is 32.1. The Morgan fingerprint density at radius 3 is 3.00 bits per heavy atom. The number of aliphatic hydroxyl groups is 1. The third kappa shape index (κ3) is 3.89. The number of hydrogen-bond donors (Lipinski definition) is 2. The van der Waals surface area contributed by atoms with Crippen molar-refractivity contribution < 1.29 is 9.84 Å². The van der Waals surface area contributed by atoms with E-state index in [1.807, 2.05) is 23.9 Å². The number of imidazole rings is 1. The van der Waals surface area contributed by atoms with Crippen molar-refractivity contribution in [2.75, 3.05) is 20.3 Å². The molecule has 5 nitrogen and oxygen atoms in total. The van der Waals surface area contributed by atoms with Gasteiger partial charge in [0.25, 0.3) is 0 Å². The Kier molecular flexibility index (Phi) is 5.72. The summed E-state index contributed by atoms with van der Waals surface area (Å²) in [5, 5.41) is 15.2. The van der Waals surface area contributed by atoms with Crippen molar-refractivity contribution in [2.24, 2.45) is 7.05 Å². The molecule has 0 aliphatic carbocycles. The van der Waals surface area contributed by atoms with E-state index < -0.39 is 6.10 Å². The summed E-state index contributed by atoms with van der Waals surface area (Å²) < 4.78 is 6.95. The van der Waals surface area contributed by atoms with Crippen LogP contribution in [-0.4, -0.2) is 41.0 Å². The van der Waals surface area contributed by atoms with Crippen molar-refractivity contribution in [3.63, 3.8) is 0 Å². The molecule has 2 aromatic rings. The molecule has 0 saturated heterocycles. The standard InChI is InChI=1S/C14H21N3O2S/c1-17-8-7-16-14(17)13(12-4-3-9-20-12)15-6-5-11(18)10-19-2/h3-4,7-9,11,13,15,18H,5-6,10H2,1-2H3. The molecule has 2 N–H and O–H groups in total. The maximum Gasteiger partial charge on any atom is 0.131 e. The molecule has 6 heteroatoms. The molecule has 0 aliphatic rings. The number of ether oxygens (including phenoxy) is 1. The quantitative estimate of drug-likeness (QED) is 0.776. The van der Waals surface area contributed by atoms with Crippen LogP contribution in [-0.2, 0) is 11.8 Å². The summed E-state index contributed by atoms with van der Waals surface area (Å²) in [5.74, 6) is 0.980. The van der Waals surface area contributed by atoms with E-state index in [1.165, 1.54) is 4.88 Å². The number of rotatable bonds is 8. The molecule has 2 heterocycles. The molecular weight excluding hydrogens is 274 g/mol. The van der Waals surface area contributed by atoms with Gasteiger partial charge in [0.05, 0.1) is 12.7 Å². The average molecular weight is 295 g/mol. The van der Waals surface area contributed by atoms with Crippen LogP contribution in [0.3, 0.4) is 0 Å². The molecule has 0 spiro atoms. The minimum atomic E-state index is -0.433. The number of aliphatic hydroxyl groups excluding tert-OH is 1. The SMILES string of the molecule is COCC(O)CCNC(c1cccs1)c1nccn1C. The number of hydrogen-bond acceptors (Lipinski definition) is 5. The lowest BCUT2D eigenvalue weighted by Crippen LogP contribution is -2.28. The van der Waals surface area contributed by atoms with E-state index in [2.05, 4.69) is 21.7 Å². The highest BCUT2D eigenvalue weighted by Gasteiger charge is 2.18. The summed E-state index contributed by atoms with van der Waals surface area (Å²) in [7, 11) is 3.59. The first-order valence-electron chi connectivity index (χ1n) is 6.63. The van der Waals surface area contributed by atoms with Gasteiger partial charge in [-0.05, 0) is 24.4 Å². The van der Waals surface area contributed by atoms with Gasteiger partial charge in [-0.2, -0.15) is 0 Å². The smallest absolute Gasteiger partial charge is 0.131 e. The fourth-order valence-corrected chi connectivity index (χ4v) is 2.90. The van der Waals surface area contributed by atoms with Crippen molar-refractivity contribution in [3.8, 4) is 0 Å². The van der Waals surface area contributed by atoms with Gasteiger partial charge >= 0.3 is 0 Å². The number of aromatic nitrogens is 2. The molecule has 110 valence electrons. The van der Waals surface area contributed by atoms with Gasteiger partial charge in [0.1, 0.15) is 11.9 Å². The van der Waals surface area contributed by atoms with Crippen molar-refractivity contribution in [1.82, 2.24) is 14.9 Å². The molecule has 0 amide bonds. The second-order valence-electron chi connectivity index (χ2n) is 4.70. The topological polar surface area (TPSA) is 59.3 Å². The van der Waals surface area contributed by atoms with Crippen molar-refractivity contribution in [3.05, 3.63) is 40.6 Å². The molecule has 2 unspecified atom stereocenters. The van der Waals surface area contributed by atoms with Crippen LogP contribution in [0.25, 0.3) is 0 Å². The maximum absolute atomic E-state index is 9.69. The monoisotopic (exact) mass is 295 g/mol. The Hall–Kier alpha value is -1.21. The van der Waals surface area contributed by atoms with E-state index in [1.54, 1.807) is 24.6 Å². The van der Waals surface area contributed by atoms with Crippen LogP contribution in [0.2, 0.25) is 0 Å². The van der Waals surface area contributed by atoms with Gasteiger partial charge < -0.3 is 19.7 Å². The van der Waals surface area contributed by atoms with Crippen molar-refractivity contribution in [2.45, 2.75) is 18.6 Å². The Bertz CT molecular complexity index is 498. The van der Waals surface area contributed by atoms with Gasteiger partial charge in [-0.1, -0.05) is 6.07 Å². The van der Waals surface area contributed by atoms with Crippen LogP contribution in [0.15, 0.2) is 29.9 Å². The van der Waals surface area contributed by atoms with Gasteiger partial charge in [-0.3, -0.25) is 0 Å². The first-order valence-corrected chi connectivity index (χ1v) is 7.51. The minimum Gasteiger partial charge on any atom is -0.391 e. The van der Waals surface area contributed by atoms with E-state index in [9.17, 15) is 5.11 Å². The van der Waals surface area contributed by atoms with Gasteiger partial charge in [0.2, 0.25) is 0 Å². The molecule has 2 aromatic heterocycles. The van der Waals surface area contributed by atoms with E-state index in [-0.39, 0.29) is 6.04 Å². The van der Waals surface area contributed by atoms with Crippen LogP contribution in [0, 0.1) is 0 Å². The van der Waals surface area contributed by atoms with E-state index >= 15 is 0 Å². The maximum atomic E-state index is 9.69. The first-order chi connectivity index (χ1) is 9.72. The summed E-state index contributed by atoms with van der Waals surface area (Å²) >= 11 is 1.70. The number of aryl methyl sites for hydroxylation is 1. The number of nitrogens with zero attached hydrogens (tertiary/aromatic N) is 2. The highest BCUT2D eigenvalue weighted by Crippen LogP contribution is 2.24. The largest absolute Gasteiger partial charge is 0.391 e. The van der Waals surface area contributed by atoms with Crippen LogP contribution in [0.4, 0.5) is 0 Å². The second-order valence-corrected chi connectivity index (χ2v) is 5.68. The van der Waals surface area contributed by atoms with Crippen molar-refractivity contribution in [1.29, 1.82) is 0 Å². The van der Waals surface area contributed by atoms with E-state index in [4.69, 9.17) is 4.74 Å². The zero-order chi connectivity index (χ0) is 14.4. The zero-order valence-electron chi connectivity index (χ0n) is 11.8. The normalized spacial score (nSPS) is 14.3. The molecule has 0 fully saturated rings. The fraction of sp³-hybridized carbons (Fsp3) is 0.500. The van der Waals surface area contributed by atoms with Crippen LogP contribution >= 0.6 is 11.3 Å². The minimum absolute atomic E-state index is 0.0599. The molecule has 0 saturated carbocycles. The van der Waals surface area contributed by atoms with Crippen LogP contribution < -0.4 is 5.32 Å². The zero-order valence-corrected chi connectivity index (χ0v) is 12.6. The summed E-state index contributed by atoms with van der Waals surface area (Å²) in [6.07, 6.45) is 3.97. The predicted molar refractivity (Wildman–Crippen MR) is 79.9 cm³/mol. The van der Waals surface area contributed by atoms with Gasteiger partial charge in [0.15, 0.2) is 0 Å². The average Bonchev–Trinajstić information content (AvgIpc) is 3.07.